The predicted molar refractivity (Wildman–Crippen MR) is 93.8 cm³/mol. The van der Waals surface area contributed by atoms with E-state index in [9.17, 15) is 22.0 Å². The number of rotatable bonds is 5. The minimum absolute atomic E-state index is 0.340. The lowest BCUT2D eigenvalue weighted by atomic mass is 10.2. The van der Waals surface area contributed by atoms with Crippen LogP contribution in [0.2, 0.25) is 0 Å². The molecule has 0 aromatic carbocycles. The second kappa shape index (κ2) is 7.54. The van der Waals surface area contributed by atoms with Gasteiger partial charge in [-0.1, -0.05) is 6.07 Å². The highest BCUT2D eigenvalue weighted by molar-refractivity contribution is 7.90. The molecule has 152 valence electrons. The molecule has 12 heteroatoms. The van der Waals surface area contributed by atoms with Crippen LogP contribution in [0.4, 0.5) is 18.0 Å². The second-order valence-corrected chi connectivity index (χ2v) is 7.66. The number of hydrogen-bond acceptors (Lipinski definition) is 5. The van der Waals surface area contributed by atoms with Gasteiger partial charge >= 0.3 is 6.09 Å². The number of hydrogen-bond donors (Lipinski definition) is 1. The van der Waals surface area contributed by atoms with E-state index < -0.39 is 56.7 Å². The topological polar surface area (TPSA) is 105 Å². The van der Waals surface area contributed by atoms with Crippen molar-refractivity contribution in [3.8, 4) is 11.3 Å². The molecule has 0 bridgehead atoms. The van der Waals surface area contributed by atoms with Crippen molar-refractivity contribution in [2.75, 3.05) is 7.05 Å². The van der Waals surface area contributed by atoms with Gasteiger partial charge in [0.15, 0.2) is 10.8 Å². The Kier molecular flexibility index (Phi) is 5.29. The first-order valence-corrected chi connectivity index (χ1v) is 9.39. The van der Waals surface area contributed by atoms with Crippen LogP contribution in [-0.4, -0.2) is 45.5 Å². The molecule has 0 fully saturated rings. The van der Waals surface area contributed by atoms with Crippen molar-refractivity contribution in [3.63, 3.8) is 0 Å². The van der Waals surface area contributed by atoms with Crippen LogP contribution in [0.25, 0.3) is 11.3 Å². The van der Waals surface area contributed by atoms with E-state index in [1.807, 2.05) is 0 Å². The van der Waals surface area contributed by atoms with Crippen LogP contribution in [0.15, 0.2) is 47.8 Å². The maximum absolute atomic E-state index is 15.1. The summed E-state index contributed by atoms with van der Waals surface area (Å²) in [4.78, 5) is 18.4. The van der Waals surface area contributed by atoms with Crippen LogP contribution in [0.5, 0.6) is 0 Å². The Labute approximate surface area is 162 Å². The minimum Gasteiger partial charge on any atom is -0.465 e. The molecule has 0 radical (unpaired) electrons. The van der Waals surface area contributed by atoms with Gasteiger partial charge in [-0.25, -0.2) is 23.1 Å². The zero-order chi connectivity index (χ0) is 21.3. The summed E-state index contributed by atoms with van der Waals surface area (Å²) in [6.07, 6.45) is 0.505. The molecule has 0 aliphatic heterocycles. The smallest absolute Gasteiger partial charge is 0.407 e. The number of carboxylic acid groups (broad SMARTS) is 1. The molecule has 0 spiro atoms. The Hall–Kier alpha value is -3.41. The van der Waals surface area contributed by atoms with Gasteiger partial charge in [0.1, 0.15) is 5.69 Å². The van der Waals surface area contributed by atoms with Crippen LogP contribution in [0.3, 0.4) is 0 Å². The van der Waals surface area contributed by atoms with Gasteiger partial charge < -0.3 is 10.0 Å². The Morgan fingerprint density at radius 3 is 2.55 bits per heavy atom. The molecule has 29 heavy (non-hydrogen) atoms. The van der Waals surface area contributed by atoms with Gasteiger partial charge in [0.05, 0.1) is 12.1 Å². The van der Waals surface area contributed by atoms with Crippen LogP contribution in [0, 0.1) is 17.7 Å². The molecule has 1 amide bonds. The lowest BCUT2D eigenvalue weighted by Crippen LogP contribution is -2.24. The fourth-order valence-corrected chi connectivity index (χ4v) is 3.91. The van der Waals surface area contributed by atoms with E-state index in [-0.39, 0.29) is 5.56 Å². The van der Waals surface area contributed by atoms with Crippen LogP contribution < -0.4 is 0 Å². The third kappa shape index (κ3) is 3.78. The van der Waals surface area contributed by atoms with E-state index in [2.05, 4.69) is 9.97 Å². The normalized spacial score (nSPS) is 11.4. The van der Waals surface area contributed by atoms with Gasteiger partial charge in [-0.3, -0.25) is 0 Å². The maximum atomic E-state index is 15.1. The van der Waals surface area contributed by atoms with E-state index in [1.54, 1.807) is 0 Å². The lowest BCUT2D eigenvalue weighted by molar-refractivity contribution is 0.153. The number of nitrogens with zero attached hydrogens (tertiary/aromatic N) is 4. The van der Waals surface area contributed by atoms with Crippen molar-refractivity contribution < 1.29 is 31.5 Å². The number of carbonyl (C=O) groups is 1. The molecule has 8 nitrogen and oxygen atoms in total. The first-order valence-electron chi connectivity index (χ1n) is 7.95. The maximum Gasteiger partial charge on any atom is 0.407 e. The average molecular weight is 426 g/mol. The third-order valence-corrected chi connectivity index (χ3v) is 5.51. The molecule has 0 saturated heterocycles. The SMILES string of the molecule is CN(Cc1cn(S(=O)(=O)c2cccc(F)n2)c(-c2cccnc2F)c1F)C(=O)O. The number of amides is 1. The Morgan fingerprint density at radius 1 is 1.21 bits per heavy atom. The summed E-state index contributed by atoms with van der Waals surface area (Å²) in [5.74, 6) is -3.39. The van der Waals surface area contributed by atoms with Crippen molar-refractivity contribution >= 4 is 16.1 Å². The van der Waals surface area contributed by atoms with Crippen molar-refractivity contribution in [3.05, 3.63) is 66.0 Å². The standard InChI is InChI=1S/C17H13F3N4O4S/c1-23(17(25)26)8-10-9-24(29(27,28)13-6-2-5-12(18)22-13)15(14(10)19)11-4-3-7-21-16(11)20/h2-7,9H,8H2,1H3,(H,25,26). The zero-order valence-electron chi connectivity index (χ0n) is 14.8. The van der Waals surface area contributed by atoms with Gasteiger partial charge in [-0.2, -0.15) is 17.2 Å². The van der Waals surface area contributed by atoms with E-state index in [4.69, 9.17) is 5.11 Å². The van der Waals surface area contributed by atoms with Crippen molar-refractivity contribution in [1.82, 2.24) is 18.8 Å². The van der Waals surface area contributed by atoms with Crippen LogP contribution in [0.1, 0.15) is 5.56 Å². The molecule has 3 aromatic heterocycles. The molecule has 3 heterocycles. The quantitative estimate of drug-likeness (QED) is 0.629. The highest BCUT2D eigenvalue weighted by Crippen LogP contribution is 2.32. The average Bonchev–Trinajstić information content (AvgIpc) is 2.99. The molecule has 0 unspecified atom stereocenters. The molecule has 0 aliphatic rings. The van der Waals surface area contributed by atoms with Gasteiger partial charge in [0, 0.05) is 25.0 Å². The summed E-state index contributed by atoms with van der Waals surface area (Å²) in [6.45, 7) is -0.519. The molecule has 0 aliphatic carbocycles. The highest BCUT2D eigenvalue weighted by Gasteiger charge is 2.30. The van der Waals surface area contributed by atoms with E-state index in [0.717, 1.165) is 43.7 Å². The molecule has 3 aromatic rings. The molecule has 1 N–H and O–H groups in total. The Bertz CT molecular complexity index is 1200. The zero-order valence-corrected chi connectivity index (χ0v) is 15.6. The first kappa shape index (κ1) is 20.3. The van der Waals surface area contributed by atoms with Crippen LogP contribution >= 0.6 is 0 Å². The van der Waals surface area contributed by atoms with Crippen molar-refractivity contribution in [2.45, 2.75) is 11.6 Å². The van der Waals surface area contributed by atoms with E-state index in [0.29, 0.717) is 8.87 Å². The third-order valence-electron chi connectivity index (χ3n) is 3.94. The summed E-state index contributed by atoms with van der Waals surface area (Å²) in [5, 5.41) is 8.26. The van der Waals surface area contributed by atoms with E-state index >= 15 is 4.39 Å². The monoisotopic (exact) mass is 426 g/mol. The number of halogens is 3. The lowest BCUT2D eigenvalue weighted by Gasteiger charge is -2.11. The second-order valence-electron chi connectivity index (χ2n) is 5.90. The fourth-order valence-electron chi connectivity index (χ4n) is 2.57. The van der Waals surface area contributed by atoms with Crippen molar-refractivity contribution in [2.24, 2.45) is 0 Å². The summed E-state index contributed by atoms with van der Waals surface area (Å²) >= 11 is 0. The van der Waals surface area contributed by atoms with Crippen LogP contribution in [-0.2, 0) is 16.6 Å². The summed E-state index contributed by atoms with van der Waals surface area (Å²) in [7, 11) is -3.50. The first-order chi connectivity index (χ1) is 13.6. The minimum atomic E-state index is -4.65. The molecular weight excluding hydrogens is 413 g/mol. The summed E-state index contributed by atoms with van der Waals surface area (Å²) in [6, 6.07) is 5.38. The fraction of sp³-hybridized carbons (Fsp3) is 0.118. The van der Waals surface area contributed by atoms with E-state index in [1.165, 1.54) is 6.07 Å². The van der Waals surface area contributed by atoms with Crippen molar-refractivity contribution in [1.29, 1.82) is 0 Å². The molecule has 3 rings (SSSR count). The number of pyridine rings is 2. The summed E-state index contributed by atoms with van der Waals surface area (Å²) < 4.78 is 69.1. The van der Waals surface area contributed by atoms with Gasteiger partial charge in [-0.15, -0.1) is 0 Å². The number of aromatic nitrogens is 3. The largest absolute Gasteiger partial charge is 0.465 e. The Balaban J connectivity index is 2.28. The predicted octanol–water partition coefficient (Wildman–Crippen LogP) is 2.71. The van der Waals surface area contributed by atoms with Gasteiger partial charge in [0.2, 0.25) is 11.9 Å². The van der Waals surface area contributed by atoms with Gasteiger partial charge in [-0.05, 0) is 24.3 Å². The summed E-state index contributed by atoms with van der Waals surface area (Å²) in [5.41, 5.74) is -1.53. The Morgan fingerprint density at radius 2 is 1.93 bits per heavy atom. The molecule has 0 saturated carbocycles. The molecule has 0 atom stereocenters. The molecular formula is C17H13F3N4O4S. The van der Waals surface area contributed by atoms with Gasteiger partial charge in [0.25, 0.3) is 10.0 Å². The highest BCUT2D eigenvalue weighted by atomic mass is 32.2.